The summed E-state index contributed by atoms with van der Waals surface area (Å²) < 4.78 is 52.3. The molecule has 0 radical (unpaired) electrons. The minimum atomic E-state index is -4.15. The average molecular weight is 454 g/mol. The summed E-state index contributed by atoms with van der Waals surface area (Å²) in [4.78, 5) is 10.7. The molecule has 1 fully saturated rings. The van der Waals surface area contributed by atoms with Gasteiger partial charge in [-0.2, -0.15) is 17.6 Å². The van der Waals surface area contributed by atoms with Gasteiger partial charge >= 0.3 is 6.18 Å². The normalized spacial score (nSPS) is 18.9. The summed E-state index contributed by atoms with van der Waals surface area (Å²) in [6.07, 6.45) is -0.201. The standard InChI is InChI=1S/C21H23F4N5S/c22-19-7-15-6-13(3-4-14(15)8-27-19)18-10-29-20(31-18)28-9-17(26)12-30-5-1-2-16(11-30)21(23,24)25/h3-4,6-8,10,16-17H,1-2,5,9,11-12,26H2,(H,28,29). The van der Waals surface area contributed by atoms with Gasteiger partial charge in [-0.25, -0.2) is 9.97 Å². The van der Waals surface area contributed by atoms with E-state index >= 15 is 0 Å². The van der Waals surface area contributed by atoms with E-state index in [1.54, 1.807) is 11.1 Å². The quantitative estimate of drug-likeness (QED) is 0.425. The van der Waals surface area contributed by atoms with Crippen LogP contribution < -0.4 is 11.1 Å². The van der Waals surface area contributed by atoms with Crippen LogP contribution in [-0.2, 0) is 0 Å². The summed E-state index contributed by atoms with van der Waals surface area (Å²) >= 11 is 1.44. The van der Waals surface area contributed by atoms with E-state index in [1.807, 2.05) is 18.2 Å². The van der Waals surface area contributed by atoms with E-state index in [2.05, 4.69) is 15.3 Å². The highest BCUT2D eigenvalue weighted by Gasteiger charge is 2.41. The lowest BCUT2D eigenvalue weighted by molar-refractivity contribution is -0.186. The topological polar surface area (TPSA) is 67.1 Å². The molecule has 5 nitrogen and oxygen atoms in total. The number of anilines is 1. The highest BCUT2D eigenvalue weighted by atomic mass is 32.1. The first-order chi connectivity index (χ1) is 14.8. The molecule has 0 bridgehead atoms. The van der Waals surface area contributed by atoms with Crippen molar-refractivity contribution >= 4 is 27.2 Å². The molecule has 1 saturated heterocycles. The molecule has 166 valence electrons. The number of hydrogen-bond acceptors (Lipinski definition) is 6. The number of nitrogens with one attached hydrogen (secondary N) is 1. The SMILES string of the molecule is NC(CNc1ncc(-c2ccc3cnc(F)cc3c2)s1)CN1CCCC(C(F)(F)F)C1. The van der Waals surface area contributed by atoms with Crippen LogP contribution in [0, 0.1) is 11.9 Å². The van der Waals surface area contributed by atoms with Crippen LogP contribution in [0.4, 0.5) is 22.7 Å². The number of aromatic nitrogens is 2. The first kappa shape index (κ1) is 21.9. The van der Waals surface area contributed by atoms with Crippen molar-refractivity contribution in [2.45, 2.75) is 25.1 Å². The monoisotopic (exact) mass is 453 g/mol. The number of nitrogens with zero attached hydrogens (tertiary/aromatic N) is 3. The molecule has 31 heavy (non-hydrogen) atoms. The Bertz CT molecular complexity index is 1040. The summed E-state index contributed by atoms with van der Waals surface area (Å²) in [6, 6.07) is 6.78. The lowest BCUT2D eigenvalue weighted by Crippen LogP contribution is -2.48. The number of hydrogen-bond donors (Lipinski definition) is 2. The largest absolute Gasteiger partial charge is 0.393 e. The van der Waals surface area contributed by atoms with Crippen molar-refractivity contribution in [2.75, 3.05) is 31.5 Å². The molecule has 3 heterocycles. The van der Waals surface area contributed by atoms with Crippen LogP contribution in [0.25, 0.3) is 21.2 Å². The van der Waals surface area contributed by atoms with Gasteiger partial charge in [0.05, 0.1) is 10.8 Å². The molecule has 0 amide bonds. The van der Waals surface area contributed by atoms with Crippen molar-refractivity contribution in [3.8, 4) is 10.4 Å². The number of nitrogens with two attached hydrogens (primary N) is 1. The van der Waals surface area contributed by atoms with Gasteiger partial charge in [0.1, 0.15) is 0 Å². The maximum absolute atomic E-state index is 13.4. The van der Waals surface area contributed by atoms with Gasteiger partial charge in [0.15, 0.2) is 5.13 Å². The van der Waals surface area contributed by atoms with Crippen LogP contribution in [-0.4, -0.2) is 53.3 Å². The van der Waals surface area contributed by atoms with Crippen LogP contribution in [0.15, 0.2) is 36.7 Å². The third-order valence-electron chi connectivity index (χ3n) is 5.46. The molecule has 0 spiro atoms. The Kier molecular flexibility index (Phi) is 6.40. The molecular weight excluding hydrogens is 430 g/mol. The predicted octanol–water partition coefficient (Wildman–Crippen LogP) is 4.51. The first-order valence-corrected chi connectivity index (χ1v) is 10.9. The Labute approximate surface area is 181 Å². The van der Waals surface area contributed by atoms with E-state index in [9.17, 15) is 17.6 Å². The van der Waals surface area contributed by atoms with Gasteiger partial charge in [0, 0.05) is 49.5 Å². The van der Waals surface area contributed by atoms with Crippen molar-refractivity contribution < 1.29 is 17.6 Å². The van der Waals surface area contributed by atoms with Crippen molar-refractivity contribution in [3.63, 3.8) is 0 Å². The number of rotatable bonds is 6. The Morgan fingerprint density at radius 1 is 1.19 bits per heavy atom. The van der Waals surface area contributed by atoms with E-state index in [0.717, 1.165) is 21.2 Å². The molecule has 0 aliphatic carbocycles. The molecule has 2 unspecified atom stereocenters. The minimum absolute atomic E-state index is 0.0106. The molecule has 4 rings (SSSR count). The number of halogens is 4. The van der Waals surface area contributed by atoms with Gasteiger partial charge in [-0.3, -0.25) is 0 Å². The van der Waals surface area contributed by atoms with Crippen LogP contribution in [0.5, 0.6) is 0 Å². The van der Waals surface area contributed by atoms with Crippen LogP contribution in [0.3, 0.4) is 0 Å². The van der Waals surface area contributed by atoms with E-state index in [4.69, 9.17) is 5.73 Å². The summed E-state index contributed by atoms with van der Waals surface area (Å²) in [5.74, 6) is -1.80. The van der Waals surface area contributed by atoms with Crippen molar-refractivity contribution in [3.05, 3.63) is 42.6 Å². The number of alkyl halides is 3. The summed E-state index contributed by atoms with van der Waals surface area (Å²) in [5.41, 5.74) is 7.07. The number of likely N-dealkylation sites (tertiary alicyclic amines) is 1. The van der Waals surface area contributed by atoms with Crippen LogP contribution in [0.1, 0.15) is 12.8 Å². The van der Waals surface area contributed by atoms with Gasteiger partial charge < -0.3 is 16.0 Å². The lowest BCUT2D eigenvalue weighted by Gasteiger charge is -2.35. The Hall–Kier alpha value is -2.30. The molecule has 3 aromatic rings. The third-order valence-corrected chi connectivity index (χ3v) is 6.46. The van der Waals surface area contributed by atoms with E-state index < -0.39 is 18.0 Å². The maximum Gasteiger partial charge on any atom is 0.393 e. The minimum Gasteiger partial charge on any atom is -0.360 e. The highest BCUT2D eigenvalue weighted by Crippen LogP contribution is 2.33. The summed E-state index contributed by atoms with van der Waals surface area (Å²) in [6.45, 7) is 1.47. The Morgan fingerprint density at radius 3 is 2.84 bits per heavy atom. The van der Waals surface area contributed by atoms with Gasteiger partial charge in [0.25, 0.3) is 0 Å². The predicted molar refractivity (Wildman–Crippen MR) is 114 cm³/mol. The molecule has 2 atom stereocenters. The molecule has 2 aromatic heterocycles. The lowest BCUT2D eigenvalue weighted by atomic mass is 9.97. The molecule has 1 aliphatic heterocycles. The maximum atomic E-state index is 13.4. The molecular formula is C21H23F4N5S. The number of pyridine rings is 1. The third kappa shape index (κ3) is 5.50. The van der Waals surface area contributed by atoms with Gasteiger partial charge in [-0.05, 0) is 36.4 Å². The Morgan fingerprint density at radius 2 is 2.03 bits per heavy atom. The fourth-order valence-electron chi connectivity index (χ4n) is 3.86. The second-order valence-corrected chi connectivity index (χ2v) is 8.91. The number of benzene rings is 1. The number of fused-ring (bicyclic) bond motifs is 1. The van der Waals surface area contributed by atoms with E-state index in [0.29, 0.717) is 31.2 Å². The average Bonchev–Trinajstić information content (AvgIpc) is 3.20. The summed E-state index contributed by atoms with van der Waals surface area (Å²) in [7, 11) is 0. The number of thiazole rings is 1. The van der Waals surface area contributed by atoms with Crippen molar-refractivity contribution in [2.24, 2.45) is 11.7 Å². The smallest absolute Gasteiger partial charge is 0.360 e. The van der Waals surface area contributed by atoms with Crippen molar-refractivity contribution in [1.29, 1.82) is 0 Å². The molecule has 3 N–H and O–H groups in total. The van der Waals surface area contributed by atoms with E-state index in [1.165, 1.54) is 23.6 Å². The highest BCUT2D eigenvalue weighted by molar-refractivity contribution is 7.18. The zero-order valence-electron chi connectivity index (χ0n) is 16.7. The first-order valence-electron chi connectivity index (χ1n) is 10.1. The fourth-order valence-corrected chi connectivity index (χ4v) is 4.68. The molecule has 1 aromatic carbocycles. The molecule has 10 heteroatoms. The van der Waals surface area contributed by atoms with Gasteiger partial charge in [-0.1, -0.05) is 23.5 Å². The van der Waals surface area contributed by atoms with Gasteiger partial charge in [0.2, 0.25) is 5.95 Å². The van der Waals surface area contributed by atoms with Crippen molar-refractivity contribution in [1.82, 2.24) is 14.9 Å². The molecule has 0 saturated carbocycles. The zero-order valence-corrected chi connectivity index (χ0v) is 17.5. The number of piperidine rings is 1. The Balaban J connectivity index is 1.33. The van der Waals surface area contributed by atoms with Gasteiger partial charge in [-0.15, -0.1) is 0 Å². The zero-order chi connectivity index (χ0) is 22.0. The van der Waals surface area contributed by atoms with E-state index in [-0.39, 0.29) is 19.0 Å². The molecule has 1 aliphatic rings. The van der Waals surface area contributed by atoms with Crippen LogP contribution in [0.2, 0.25) is 0 Å². The summed E-state index contributed by atoms with van der Waals surface area (Å²) in [5, 5.41) is 5.46. The second kappa shape index (κ2) is 9.05. The van der Waals surface area contributed by atoms with Crippen LogP contribution >= 0.6 is 11.3 Å². The second-order valence-electron chi connectivity index (χ2n) is 7.88. The fraction of sp³-hybridized carbons (Fsp3) is 0.429.